The number of hydrogen-bond acceptors (Lipinski definition) is 3. The molecule has 3 heterocycles. The maximum Gasteiger partial charge on any atom is 0.381 e. The fourth-order valence-electron chi connectivity index (χ4n) is 10.7. The number of furan rings is 1. The van der Waals surface area contributed by atoms with Gasteiger partial charge in [-0.05, 0) is 153 Å². The molecule has 1 saturated carbocycles. The van der Waals surface area contributed by atoms with E-state index in [1.807, 2.05) is 6.07 Å². The number of aromatic nitrogens is 3. The summed E-state index contributed by atoms with van der Waals surface area (Å²) in [6, 6.07) is 64.1. The van der Waals surface area contributed by atoms with Crippen LogP contribution in [0.3, 0.4) is 0 Å². The van der Waals surface area contributed by atoms with E-state index < -0.39 is 24.5 Å². The monoisotopic (exact) mass is 1210 g/mol. The number of imidazole rings is 1. The van der Waals surface area contributed by atoms with Crippen LogP contribution in [-0.4, -0.2) is 14.5 Å². The van der Waals surface area contributed by atoms with E-state index >= 15 is 0 Å². The molecular weight excluding hydrogens is 1150 g/mol. The fourth-order valence-corrected chi connectivity index (χ4v) is 10.7. The summed E-state index contributed by atoms with van der Waals surface area (Å²) in [5.41, 5.74) is 16.7. The first-order chi connectivity index (χ1) is 38.6. The molecule has 0 N–H and O–H groups in total. The molecule has 395 valence electrons. The summed E-state index contributed by atoms with van der Waals surface area (Å²) >= 11 is 0. The van der Waals surface area contributed by atoms with Gasteiger partial charge in [-0.2, -0.15) is 13.2 Å². The second-order valence-electron chi connectivity index (χ2n) is 21.7. The zero-order chi connectivity index (χ0) is 57.0. The summed E-state index contributed by atoms with van der Waals surface area (Å²) in [5.74, 6) is 0.791. The van der Waals surface area contributed by atoms with Crippen LogP contribution in [-0.2, 0) is 26.3 Å². The predicted molar refractivity (Wildman–Crippen MR) is 310 cm³/mol. The van der Waals surface area contributed by atoms with Crippen molar-refractivity contribution < 1.29 is 43.2 Å². The Morgan fingerprint density at radius 3 is 1.94 bits per heavy atom. The van der Waals surface area contributed by atoms with E-state index in [-0.39, 0.29) is 37.5 Å². The van der Waals surface area contributed by atoms with Gasteiger partial charge in [0.1, 0.15) is 5.58 Å². The first-order valence-electron chi connectivity index (χ1n) is 28.5. The standard InChI is InChI=1S/C57H53N2O.C13H9F3N.Ir/c1-36(2)49-33-45(42-25-21-39(22-26-42)38-13-8-7-9-14-38)34-50(37(3)4)54(49)59-52-18-11-10-17-51(52)58-56(59)48-16-12-15-47-46-28-27-44(35-53(46)60-55(47)48)41-23-19-40(20-24-41)43-29-31-57(5,6)32-30-43;1-9-2-7-12(17-8-9)10-3-5-11(6-4-10)13(14,15)16;/h7-15,17-28,33-37,43H,29-32H2,1-6H3;2-3,5-8H,1H3;/q2*-1;/i43D;1D3;. The quantitative estimate of drug-likeness (QED) is 0.135. The van der Waals surface area contributed by atoms with Crippen molar-refractivity contribution in [2.24, 2.45) is 5.41 Å². The molecule has 0 saturated heterocycles. The average Bonchev–Trinajstić information content (AvgIpc) is 4.12. The first-order valence-corrected chi connectivity index (χ1v) is 26.5. The van der Waals surface area contributed by atoms with Crippen LogP contribution in [0.2, 0.25) is 0 Å². The Morgan fingerprint density at radius 2 is 1.31 bits per heavy atom. The SMILES string of the molecule is [2H]C([2H])([2H])c1ccc(-c2[c-]cc(C(F)(F)F)cc2)nc1.[2H]C1(c2ccc(-c3ccc4c(c3)oc3c(-c5nc6ccccc6n5-c5c(C(C)C)cc(-c6ccc(-c7ccccc7)cc6)cc5C(C)C)[c-]ccc34)cc2)CCC(C)(C)CC1.[Ir]. The molecular formula is C70H62F3IrN3O-2. The summed E-state index contributed by atoms with van der Waals surface area (Å²) in [7, 11) is 0. The second-order valence-corrected chi connectivity index (χ2v) is 21.7. The molecule has 1 aliphatic carbocycles. The molecule has 8 aromatic carbocycles. The van der Waals surface area contributed by atoms with Crippen molar-refractivity contribution in [2.75, 3.05) is 0 Å². The van der Waals surface area contributed by atoms with Crippen molar-refractivity contribution >= 4 is 33.0 Å². The number of aryl methyl sites for hydroxylation is 1. The van der Waals surface area contributed by atoms with Gasteiger partial charge in [0, 0.05) is 42.9 Å². The number of alkyl halides is 3. The largest absolute Gasteiger partial charge is 0.501 e. The van der Waals surface area contributed by atoms with Crippen LogP contribution >= 0.6 is 0 Å². The molecule has 78 heavy (non-hydrogen) atoms. The average molecular weight is 1210 g/mol. The van der Waals surface area contributed by atoms with Crippen LogP contribution < -0.4 is 0 Å². The van der Waals surface area contributed by atoms with E-state index in [0.717, 1.165) is 98.9 Å². The number of nitrogens with zero attached hydrogens (tertiary/aromatic N) is 3. The minimum atomic E-state index is -4.41. The topological polar surface area (TPSA) is 43.9 Å². The summed E-state index contributed by atoms with van der Waals surface area (Å²) in [5, 5.41) is 2.11. The number of benzene rings is 8. The molecule has 0 atom stereocenters. The molecule has 0 bridgehead atoms. The molecule has 12 rings (SSSR count). The molecule has 0 aliphatic heterocycles. The zero-order valence-corrected chi connectivity index (χ0v) is 46.9. The van der Waals surface area contributed by atoms with Crippen molar-refractivity contribution in [3.63, 3.8) is 0 Å². The van der Waals surface area contributed by atoms with Gasteiger partial charge in [0.2, 0.25) is 0 Å². The Kier molecular flexibility index (Phi) is 13.9. The number of hydrogen-bond donors (Lipinski definition) is 0. The summed E-state index contributed by atoms with van der Waals surface area (Å²) in [6.07, 6.45) is 0.771. The van der Waals surface area contributed by atoms with Gasteiger partial charge in [-0.1, -0.05) is 168 Å². The van der Waals surface area contributed by atoms with E-state index in [1.54, 1.807) is 0 Å². The van der Waals surface area contributed by atoms with Gasteiger partial charge in [0.05, 0.1) is 22.4 Å². The Bertz CT molecular complexity index is 3960. The van der Waals surface area contributed by atoms with Gasteiger partial charge in [-0.15, -0.1) is 48.0 Å². The van der Waals surface area contributed by atoms with Crippen LogP contribution in [0.5, 0.6) is 0 Å². The molecule has 0 amide bonds. The minimum Gasteiger partial charge on any atom is -0.501 e. The first kappa shape index (κ1) is 49.0. The predicted octanol–water partition coefficient (Wildman–Crippen LogP) is 20.2. The Balaban J connectivity index is 0.000000304. The molecule has 11 aromatic rings. The summed E-state index contributed by atoms with van der Waals surface area (Å²) in [4.78, 5) is 9.32. The molecule has 1 fully saturated rings. The smallest absolute Gasteiger partial charge is 0.381 e. The van der Waals surface area contributed by atoms with Gasteiger partial charge in [0.15, 0.2) is 0 Å². The van der Waals surface area contributed by atoms with Crippen LogP contribution in [0.15, 0.2) is 187 Å². The van der Waals surface area contributed by atoms with Gasteiger partial charge in [0.25, 0.3) is 0 Å². The molecule has 1 aliphatic rings. The number of rotatable bonds is 9. The molecule has 3 aromatic heterocycles. The van der Waals surface area contributed by atoms with E-state index in [1.165, 1.54) is 63.5 Å². The number of fused-ring (bicyclic) bond motifs is 4. The Labute approximate surface area is 475 Å². The summed E-state index contributed by atoms with van der Waals surface area (Å²) < 4.78 is 77.4. The third-order valence-corrected chi connectivity index (χ3v) is 15.2. The van der Waals surface area contributed by atoms with Crippen molar-refractivity contribution in [3.8, 4) is 61.7 Å². The van der Waals surface area contributed by atoms with Gasteiger partial charge in [-0.3, -0.25) is 4.98 Å². The third-order valence-electron chi connectivity index (χ3n) is 15.2. The van der Waals surface area contributed by atoms with Crippen LogP contribution in [0.25, 0.3) is 94.7 Å². The van der Waals surface area contributed by atoms with E-state index in [2.05, 4.69) is 203 Å². The fraction of sp³-hybridized carbons (Fsp3) is 0.229. The zero-order valence-electron chi connectivity index (χ0n) is 48.5. The number of para-hydroxylation sites is 2. The number of pyridine rings is 1. The van der Waals surface area contributed by atoms with E-state index in [0.29, 0.717) is 16.7 Å². The van der Waals surface area contributed by atoms with Gasteiger partial charge < -0.3 is 14.0 Å². The maximum absolute atomic E-state index is 12.4. The van der Waals surface area contributed by atoms with Crippen molar-refractivity contribution in [1.29, 1.82) is 0 Å². The minimum absolute atomic E-state index is 0. The van der Waals surface area contributed by atoms with Crippen LogP contribution in [0.4, 0.5) is 13.2 Å². The Morgan fingerprint density at radius 1 is 0.679 bits per heavy atom. The van der Waals surface area contributed by atoms with Crippen LogP contribution in [0, 0.1) is 24.4 Å². The molecule has 1 radical (unpaired) electrons. The maximum atomic E-state index is 12.4. The Hall–Kier alpha value is -7.38. The molecule has 0 unspecified atom stereocenters. The van der Waals surface area contributed by atoms with Gasteiger partial charge >= 0.3 is 6.18 Å². The molecule has 0 spiro atoms. The third kappa shape index (κ3) is 11.0. The van der Waals surface area contributed by atoms with Crippen molar-refractivity contribution in [1.82, 2.24) is 14.5 Å². The van der Waals surface area contributed by atoms with Crippen molar-refractivity contribution in [3.05, 3.63) is 222 Å². The van der Waals surface area contributed by atoms with E-state index in [9.17, 15) is 14.5 Å². The molecule has 4 nitrogen and oxygen atoms in total. The van der Waals surface area contributed by atoms with Crippen LogP contribution in [0.1, 0.15) is 118 Å². The second kappa shape index (κ2) is 22.2. The normalized spacial score (nSPS) is 15.1. The van der Waals surface area contributed by atoms with E-state index in [4.69, 9.17) is 13.5 Å². The summed E-state index contributed by atoms with van der Waals surface area (Å²) in [6.45, 7) is 11.6. The van der Waals surface area contributed by atoms with Gasteiger partial charge in [-0.25, -0.2) is 0 Å². The molecule has 8 heteroatoms. The number of halogens is 3. The van der Waals surface area contributed by atoms with Crippen molar-refractivity contribution in [2.45, 2.75) is 98.0 Å².